The minimum Gasteiger partial charge on any atom is -0.273 e. The lowest BCUT2D eigenvalue weighted by atomic mass is 10.0. The number of aromatic nitrogens is 1. The number of carbonyl (C=O) groups excluding carboxylic acids is 2. The summed E-state index contributed by atoms with van der Waals surface area (Å²) in [6.45, 7) is 7.95. The van der Waals surface area contributed by atoms with Gasteiger partial charge in [-0.25, -0.2) is 4.98 Å². The van der Waals surface area contributed by atoms with Crippen molar-refractivity contribution in [3.8, 4) is 0 Å². The Bertz CT molecular complexity index is 774. The predicted molar refractivity (Wildman–Crippen MR) is 97.9 cm³/mol. The van der Waals surface area contributed by atoms with Crippen molar-refractivity contribution in [1.82, 2.24) is 15.8 Å². The molecule has 1 aromatic carbocycles. The fraction of sp³-hybridized carbons (Fsp3) is 0.389. The highest BCUT2D eigenvalue weighted by atomic mass is 32.2. The first kappa shape index (κ1) is 18.3. The average molecular weight is 345 g/mol. The highest BCUT2D eigenvalue weighted by Gasteiger charge is 2.11. The van der Waals surface area contributed by atoms with Gasteiger partial charge in [-0.05, 0) is 43.0 Å². The molecule has 0 unspecified atom stereocenters. The van der Waals surface area contributed by atoms with Crippen LogP contribution in [-0.2, 0) is 16.0 Å². The van der Waals surface area contributed by atoms with Gasteiger partial charge in [-0.2, -0.15) is 0 Å². The molecule has 2 aromatic rings. The third kappa shape index (κ3) is 4.26. The molecule has 0 fully saturated rings. The number of fused-ring (bicyclic) bond motifs is 1. The second-order valence-electron chi connectivity index (χ2n) is 5.62. The van der Waals surface area contributed by atoms with E-state index in [4.69, 9.17) is 4.98 Å². The van der Waals surface area contributed by atoms with Crippen molar-refractivity contribution in [3.05, 3.63) is 34.9 Å². The van der Waals surface area contributed by atoms with E-state index in [1.807, 2.05) is 0 Å². The number of nitrogens with zero attached hydrogens (tertiary/aromatic N) is 1. The maximum absolute atomic E-state index is 11.8. The minimum atomic E-state index is -0.244. The lowest BCUT2D eigenvalue weighted by Gasteiger charge is -2.12. The highest BCUT2D eigenvalue weighted by molar-refractivity contribution is 7.99. The van der Waals surface area contributed by atoms with Crippen molar-refractivity contribution in [1.29, 1.82) is 0 Å². The molecule has 0 aliphatic heterocycles. The second kappa shape index (κ2) is 8.15. The van der Waals surface area contributed by atoms with Crippen molar-refractivity contribution in [2.45, 2.75) is 45.6 Å². The van der Waals surface area contributed by atoms with E-state index >= 15 is 0 Å². The van der Waals surface area contributed by atoms with E-state index < -0.39 is 0 Å². The zero-order valence-electron chi connectivity index (χ0n) is 14.5. The Kier molecular flexibility index (Phi) is 6.20. The molecular formula is C18H23N3O2S. The van der Waals surface area contributed by atoms with Crippen LogP contribution in [0.25, 0.3) is 10.9 Å². The molecule has 0 spiro atoms. The van der Waals surface area contributed by atoms with Gasteiger partial charge in [-0.15, -0.1) is 0 Å². The molecular weight excluding hydrogens is 322 g/mol. The fourth-order valence-corrected chi connectivity index (χ4v) is 3.17. The number of rotatable bonds is 5. The molecule has 2 N–H and O–H groups in total. The Balaban J connectivity index is 2.17. The first-order valence-electron chi connectivity index (χ1n) is 8.06. The van der Waals surface area contributed by atoms with Gasteiger partial charge in [0, 0.05) is 11.8 Å². The molecule has 2 amide bonds. The van der Waals surface area contributed by atoms with E-state index in [0.717, 1.165) is 33.5 Å². The Morgan fingerprint density at radius 3 is 2.50 bits per heavy atom. The number of amides is 2. The number of aryl methyl sites for hydroxylation is 3. The summed E-state index contributed by atoms with van der Waals surface area (Å²) < 4.78 is 0. The maximum atomic E-state index is 11.8. The van der Waals surface area contributed by atoms with Gasteiger partial charge in [0.05, 0.1) is 11.3 Å². The Morgan fingerprint density at radius 2 is 1.83 bits per heavy atom. The molecule has 0 bridgehead atoms. The molecule has 0 aliphatic carbocycles. The molecule has 0 radical (unpaired) electrons. The van der Waals surface area contributed by atoms with E-state index in [2.05, 4.69) is 49.8 Å². The summed E-state index contributed by atoms with van der Waals surface area (Å²) in [5.41, 5.74) is 9.26. The van der Waals surface area contributed by atoms with E-state index in [0.29, 0.717) is 6.42 Å². The van der Waals surface area contributed by atoms with Gasteiger partial charge < -0.3 is 0 Å². The number of thioether (sulfide) groups is 1. The molecule has 5 nitrogen and oxygen atoms in total. The van der Waals surface area contributed by atoms with Gasteiger partial charge in [-0.1, -0.05) is 37.7 Å². The molecule has 1 aromatic heterocycles. The largest absolute Gasteiger partial charge is 0.273 e. The number of hydrazine groups is 1. The zero-order valence-corrected chi connectivity index (χ0v) is 15.3. The molecule has 0 saturated heterocycles. The Morgan fingerprint density at radius 1 is 1.12 bits per heavy atom. The summed E-state index contributed by atoms with van der Waals surface area (Å²) in [7, 11) is 0. The molecule has 0 saturated carbocycles. The van der Waals surface area contributed by atoms with Crippen LogP contribution in [0.1, 0.15) is 37.0 Å². The van der Waals surface area contributed by atoms with Gasteiger partial charge in [0.2, 0.25) is 11.8 Å². The van der Waals surface area contributed by atoms with Crippen LogP contribution in [0, 0.1) is 13.8 Å². The van der Waals surface area contributed by atoms with Gasteiger partial charge in [0.1, 0.15) is 5.03 Å². The molecule has 1 heterocycles. The lowest BCUT2D eigenvalue weighted by Crippen LogP contribution is -2.42. The first-order valence-corrected chi connectivity index (χ1v) is 9.05. The van der Waals surface area contributed by atoms with Crippen LogP contribution in [0.5, 0.6) is 0 Å². The van der Waals surface area contributed by atoms with Gasteiger partial charge >= 0.3 is 0 Å². The third-order valence-electron chi connectivity index (χ3n) is 3.93. The van der Waals surface area contributed by atoms with Crippen LogP contribution in [-0.4, -0.2) is 22.6 Å². The number of hydrogen-bond donors (Lipinski definition) is 2. The van der Waals surface area contributed by atoms with E-state index in [1.54, 1.807) is 6.92 Å². The summed E-state index contributed by atoms with van der Waals surface area (Å²) >= 11 is 1.39. The van der Waals surface area contributed by atoms with E-state index in [-0.39, 0.29) is 17.6 Å². The number of hydrogen-bond acceptors (Lipinski definition) is 4. The van der Waals surface area contributed by atoms with Crippen LogP contribution < -0.4 is 10.9 Å². The second-order valence-corrected chi connectivity index (χ2v) is 6.59. The monoisotopic (exact) mass is 345 g/mol. The summed E-state index contributed by atoms with van der Waals surface area (Å²) in [6.07, 6.45) is 1.19. The molecule has 6 heteroatoms. The van der Waals surface area contributed by atoms with Crippen LogP contribution in [0.2, 0.25) is 0 Å². The van der Waals surface area contributed by atoms with Crippen LogP contribution in [0.15, 0.2) is 23.2 Å². The minimum absolute atomic E-state index is 0.209. The highest BCUT2D eigenvalue weighted by Crippen LogP contribution is 2.28. The molecule has 0 atom stereocenters. The SMILES string of the molecule is CCC(=O)NNC(=O)CSc1nc2c(C)c(C)ccc2cc1CC. The number of carbonyl (C=O) groups is 2. The normalized spacial score (nSPS) is 10.7. The molecule has 128 valence electrons. The number of pyridine rings is 1. The topological polar surface area (TPSA) is 71.1 Å². The third-order valence-corrected chi connectivity index (χ3v) is 4.97. The zero-order chi connectivity index (χ0) is 17.7. The lowest BCUT2D eigenvalue weighted by molar-refractivity contribution is -0.127. The van der Waals surface area contributed by atoms with Crippen LogP contribution in [0.4, 0.5) is 0 Å². The first-order chi connectivity index (χ1) is 11.5. The van der Waals surface area contributed by atoms with Crippen molar-refractivity contribution in [3.63, 3.8) is 0 Å². The fourth-order valence-electron chi connectivity index (χ4n) is 2.29. The van der Waals surface area contributed by atoms with Crippen molar-refractivity contribution >= 4 is 34.5 Å². The molecule has 0 aliphatic rings. The molecule has 2 rings (SSSR count). The molecule has 24 heavy (non-hydrogen) atoms. The van der Waals surface area contributed by atoms with Crippen molar-refractivity contribution < 1.29 is 9.59 Å². The van der Waals surface area contributed by atoms with Gasteiger partial charge in [-0.3, -0.25) is 20.4 Å². The Hall–Kier alpha value is -2.08. The van der Waals surface area contributed by atoms with Crippen molar-refractivity contribution in [2.75, 3.05) is 5.75 Å². The maximum Gasteiger partial charge on any atom is 0.248 e. The summed E-state index contributed by atoms with van der Waals surface area (Å²) in [4.78, 5) is 27.8. The van der Waals surface area contributed by atoms with E-state index in [1.165, 1.54) is 17.3 Å². The van der Waals surface area contributed by atoms with Crippen LogP contribution in [0.3, 0.4) is 0 Å². The average Bonchev–Trinajstić information content (AvgIpc) is 2.60. The summed E-state index contributed by atoms with van der Waals surface area (Å²) in [5.74, 6) is -0.246. The van der Waals surface area contributed by atoms with Gasteiger partial charge in [0.25, 0.3) is 0 Å². The standard InChI is InChI=1S/C18H23N3O2S/c1-5-13-9-14-8-7-11(3)12(4)17(14)19-18(13)24-10-16(23)21-20-15(22)6-2/h7-9H,5-6,10H2,1-4H3,(H,20,22)(H,21,23). The number of benzene rings is 1. The smallest absolute Gasteiger partial charge is 0.248 e. The summed E-state index contributed by atoms with van der Waals surface area (Å²) in [5, 5.41) is 2.00. The van der Waals surface area contributed by atoms with E-state index in [9.17, 15) is 9.59 Å². The van der Waals surface area contributed by atoms with Crippen molar-refractivity contribution in [2.24, 2.45) is 0 Å². The van der Waals surface area contributed by atoms with Crippen LogP contribution >= 0.6 is 11.8 Å². The summed E-state index contributed by atoms with van der Waals surface area (Å²) in [6, 6.07) is 6.34. The number of nitrogens with one attached hydrogen (secondary N) is 2. The predicted octanol–water partition coefficient (Wildman–Crippen LogP) is 3.06. The quantitative estimate of drug-likeness (QED) is 0.645. The Labute approximate surface area is 146 Å². The van der Waals surface area contributed by atoms with Gasteiger partial charge in [0.15, 0.2) is 0 Å².